The molecule has 1 unspecified atom stereocenters. The van der Waals surface area contributed by atoms with Crippen LogP contribution in [0.1, 0.15) is 11.5 Å². The van der Waals surface area contributed by atoms with E-state index < -0.39 is 0 Å². The van der Waals surface area contributed by atoms with Gasteiger partial charge in [-0.15, -0.1) is 0 Å². The lowest BCUT2D eigenvalue weighted by Crippen LogP contribution is -2.17. The fraction of sp³-hybridized carbons (Fsp3) is 0.250. The zero-order valence-corrected chi connectivity index (χ0v) is 8.88. The maximum Gasteiger partial charge on any atom is 0.123 e. The first kappa shape index (κ1) is 10.8. The Morgan fingerprint density at radius 1 is 1.31 bits per heavy atom. The van der Waals surface area contributed by atoms with Crippen LogP contribution in [0.2, 0.25) is 0 Å². The highest BCUT2D eigenvalue weighted by molar-refractivity contribution is 5.20. The van der Waals surface area contributed by atoms with Crippen LogP contribution >= 0.6 is 0 Å². The molecule has 0 amide bonds. The summed E-state index contributed by atoms with van der Waals surface area (Å²) >= 11 is 0. The standard InChI is InChI=1S/C12H14FN3/c13-12-3-1-10(2-4-12)11(7-14)8-16-6-5-15-9-16/h1-6,9,11H,7-8,14H2. The minimum Gasteiger partial charge on any atom is -0.337 e. The summed E-state index contributed by atoms with van der Waals surface area (Å²) in [5, 5.41) is 0. The molecular formula is C12H14FN3. The lowest BCUT2D eigenvalue weighted by atomic mass is 9.99. The molecule has 0 bridgehead atoms. The number of hydrogen-bond donors (Lipinski definition) is 1. The molecule has 0 spiro atoms. The van der Waals surface area contributed by atoms with Gasteiger partial charge < -0.3 is 10.3 Å². The second kappa shape index (κ2) is 4.90. The summed E-state index contributed by atoms with van der Waals surface area (Å²) in [5.74, 6) is -0.0306. The zero-order valence-electron chi connectivity index (χ0n) is 8.88. The highest BCUT2D eigenvalue weighted by atomic mass is 19.1. The van der Waals surface area contributed by atoms with Crippen LogP contribution in [-0.4, -0.2) is 16.1 Å². The molecule has 0 aliphatic rings. The summed E-state index contributed by atoms with van der Waals surface area (Å²) in [5.41, 5.74) is 6.79. The Labute approximate surface area is 93.7 Å². The molecule has 0 saturated heterocycles. The molecule has 1 aromatic carbocycles. The van der Waals surface area contributed by atoms with Gasteiger partial charge in [-0.2, -0.15) is 0 Å². The van der Waals surface area contributed by atoms with Gasteiger partial charge in [0.2, 0.25) is 0 Å². The number of hydrogen-bond acceptors (Lipinski definition) is 2. The summed E-state index contributed by atoms with van der Waals surface area (Å²) in [6.45, 7) is 1.30. The van der Waals surface area contributed by atoms with Crippen LogP contribution in [0.15, 0.2) is 43.0 Å². The normalized spacial score (nSPS) is 12.6. The molecule has 4 heteroatoms. The number of halogens is 1. The van der Waals surface area contributed by atoms with Gasteiger partial charge in [0.25, 0.3) is 0 Å². The fourth-order valence-corrected chi connectivity index (χ4v) is 1.70. The van der Waals surface area contributed by atoms with Crippen LogP contribution in [0.3, 0.4) is 0 Å². The van der Waals surface area contributed by atoms with Crippen molar-refractivity contribution in [2.24, 2.45) is 5.73 Å². The van der Waals surface area contributed by atoms with E-state index in [4.69, 9.17) is 5.73 Å². The number of benzene rings is 1. The first-order valence-corrected chi connectivity index (χ1v) is 5.21. The van der Waals surface area contributed by atoms with Crippen molar-refractivity contribution in [1.29, 1.82) is 0 Å². The zero-order chi connectivity index (χ0) is 11.4. The Kier molecular flexibility index (Phi) is 3.31. The Hall–Kier alpha value is -1.68. The molecule has 0 saturated carbocycles. The smallest absolute Gasteiger partial charge is 0.123 e. The first-order valence-electron chi connectivity index (χ1n) is 5.21. The van der Waals surface area contributed by atoms with Crippen molar-refractivity contribution in [3.63, 3.8) is 0 Å². The quantitative estimate of drug-likeness (QED) is 0.851. The summed E-state index contributed by atoms with van der Waals surface area (Å²) in [7, 11) is 0. The minimum absolute atomic E-state index is 0.190. The summed E-state index contributed by atoms with van der Waals surface area (Å²) in [6, 6.07) is 6.49. The second-order valence-corrected chi connectivity index (χ2v) is 3.74. The van der Waals surface area contributed by atoms with Crippen molar-refractivity contribution in [1.82, 2.24) is 9.55 Å². The molecule has 16 heavy (non-hydrogen) atoms. The van der Waals surface area contributed by atoms with Crippen molar-refractivity contribution in [3.8, 4) is 0 Å². The average Bonchev–Trinajstić information content (AvgIpc) is 2.80. The van der Waals surface area contributed by atoms with E-state index in [-0.39, 0.29) is 11.7 Å². The van der Waals surface area contributed by atoms with Gasteiger partial charge >= 0.3 is 0 Å². The maximum atomic E-state index is 12.8. The molecule has 0 fully saturated rings. The molecule has 84 valence electrons. The second-order valence-electron chi connectivity index (χ2n) is 3.74. The van der Waals surface area contributed by atoms with Gasteiger partial charge in [0.05, 0.1) is 6.33 Å². The maximum absolute atomic E-state index is 12.8. The van der Waals surface area contributed by atoms with Crippen molar-refractivity contribution in [2.45, 2.75) is 12.5 Å². The topological polar surface area (TPSA) is 43.8 Å². The summed E-state index contributed by atoms with van der Waals surface area (Å²) < 4.78 is 14.8. The third kappa shape index (κ3) is 2.46. The Bertz CT molecular complexity index is 422. The molecule has 0 radical (unpaired) electrons. The average molecular weight is 219 g/mol. The monoisotopic (exact) mass is 219 g/mol. The van der Waals surface area contributed by atoms with E-state index in [1.54, 1.807) is 24.7 Å². The van der Waals surface area contributed by atoms with Crippen LogP contribution in [-0.2, 0) is 6.54 Å². The number of rotatable bonds is 4. The van der Waals surface area contributed by atoms with Gasteiger partial charge in [0, 0.05) is 31.4 Å². The van der Waals surface area contributed by atoms with E-state index in [1.165, 1.54) is 12.1 Å². The molecule has 1 aromatic heterocycles. The van der Waals surface area contributed by atoms with E-state index in [1.807, 2.05) is 10.8 Å². The van der Waals surface area contributed by atoms with Gasteiger partial charge in [-0.3, -0.25) is 0 Å². The highest BCUT2D eigenvalue weighted by Crippen LogP contribution is 2.17. The van der Waals surface area contributed by atoms with E-state index in [0.29, 0.717) is 6.54 Å². The van der Waals surface area contributed by atoms with Crippen LogP contribution in [0, 0.1) is 5.82 Å². The fourth-order valence-electron chi connectivity index (χ4n) is 1.70. The summed E-state index contributed by atoms with van der Waals surface area (Å²) in [4.78, 5) is 3.98. The molecular weight excluding hydrogens is 205 g/mol. The Morgan fingerprint density at radius 2 is 2.06 bits per heavy atom. The summed E-state index contributed by atoms with van der Waals surface area (Å²) in [6.07, 6.45) is 5.39. The lowest BCUT2D eigenvalue weighted by molar-refractivity contribution is 0.563. The SMILES string of the molecule is NCC(Cn1ccnc1)c1ccc(F)cc1. The molecule has 0 aliphatic carbocycles. The van der Waals surface area contributed by atoms with Gasteiger partial charge in [0.1, 0.15) is 5.82 Å². The molecule has 2 N–H and O–H groups in total. The first-order chi connectivity index (χ1) is 7.79. The van der Waals surface area contributed by atoms with Crippen molar-refractivity contribution < 1.29 is 4.39 Å². The Balaban J connectivity index is 2.13. The van der Waals surface area contributed by atoms with Crippen molar-refractivity contribution >= 4 is 0 Å². The third-order valence-corrected chi connectivity index (χ3v) is 2.62. The molecule has 3 nitrogen and oxygen atoms in total. The van der Waals surface area contributed by atoms with E-state index in [9.17, 15) is 4.39 Å². The van der Waals surface area contributed by atoms with Gasteiger partial charge in [-0.05, 0) is 17.7 Å². The van der Waals surface area contributed by atoms with Crippen LogP contribution in [0.4, 0.5) is 4.39 Å². The largest absolute Gasteiger partial charge is 0.337 e. The minimum atomic E-state index is -0.220. The van der Waals surface area contributed by atoms with Crippen LogP contribution < -0.4 is 5.73 Å². The van der Waals surface area contributed by atoms with Gasteiger partial charge in [0.15, 0.2) is 0 Å². The van der Waals surface area contributed by atoms with E-state index in [2.05, 4.69) is 4.98 Å². The molecule has 2 aromatic rings. The van der Waals surface area contributed by atoms with Gasteiger partial charge in [-0.1, -0.05) is 12.1 Å². The van der Waals surface area contributed by atoms with Crippen LogP contribution in [0.25, 0.3) is 0 Å². The number of nitrogens with zero attached hydrogens (tertiary/aromatic N) is 2. The number of aromatic nitrogens is 2. The highest BCUT2D eigenvalue weighted by Gasteiger charge is 2.10. The lowest BCUT2D eigenvalue weighted by Gasteiger charge is -2.15. The van der Waals surface area contributed by atoms with Crippen molar-refractivity contribution in [2.75, 3.05) is 6.54 Å². The Morgan fingerprint density at radius 3 is 2.62 bits per heavy atom. The molecule has 1 heterocycles. The van der Waals surface area contributed by atoms with E-state index in [0.717, 1.165) is 12.1 Å². The van der Waals surface area contributed by atoms with Crippen LogP contribution in [0.5, 0.6) is 0 Å². The van der Waals surface area contributed by atoms with Gasteiger partial charge in [-0.25, -0.2) is 9.37 Å². The molecule has 0 aliphatic heterocycles. The number of imidazole rings is 1. The molecule has 2 rings (SSSR count). The third-order valence-electron chi connectivity index (χ3n) is 2.62. The number of nitrogens with two attached hydrogens (primary N) is 1. The van der Waals surface area contributed by atoms with E-state index >= 15 is 0 Å². The predicted octanol–water partition coefficient (Wildman–Crippen LogP) is 1.76. The van der Waals surface area contributed by atoms with Crippen molar-refractivity contribution in [3.05, 3.63) is 54.4 Å². The molecule has 1 atom stereocenters. The predicted molar refractivity (Wildman–Crippen MR) is 60.4 cm³/mol.